The van der Waals surface area contributed by atoms with E-state index in [-0.39, 0.29) is 6.04 Å². The lowest BCUT2D eigenvalue weighted by Crippen LogP contribution is -2.12. The summed E-state index contributed by atoms with van der Waals surface area (Å²) in [4.78, 5) is 0. The largest absolute Gasteiger partial charge is 0.497 e. The predicted octanol–water partition coefficient (Wildman–Crippen LogP) is 1.73. The van der Waals surface area contributed by atoms with Crippen LogP contribution in [0.1, 0.15) is 18.0 Å². The van der Waals surface area contributed by atoms with Crippen LogP contribution >= 0.6 is 0 Å². The van der Waals surface area contributed by atoms with Gasteiger partial charge in [-0.3, -0.25) is 0 Å². The Morgan fingerprint density at radius 3 is 2.79 bits per heavy atom. The minimum absolute atomic E-state index is 0.0186. The lowest BCUT2D eigenvalue weighted by atomic mass is 10.1. The second kappa shape index (κ2) is 5.62. The molecule has 0 aliphatic heterocycles. The molecule has 0 aromatic heterocycles. The maximum absolute atomic E-state index is 5.97. The number of benzene rings is 1. The zero-order valence-corrected chi connectivity index (χ0v) is 8.69. The molecule has 1 rings (SSSR count). The molecule has 1 aromatic carbocycles. The van der Waals surface area contributed by atoms with Gasteiger partial charge in [-0.25, -0.2) is 0 Å². The van der Waals surface area contributed by atoms with Crippen molar-refractivity contribution in [3.05, 3.63) is 29.8 Å². The van der Waals surface area contributed by atoms with E-state index in [0.29, 0.717) is 6.61 Å². The van der Waals surface area contributed by atoms with E-state index in [9.17, 15) is 0 Å². The maximum Gasteiger partial charge on any atom is 0.119 e. The van der Waals surface area contributed by atoms with Gasteiger partial charge in [-0.2, -0.15) is 0 Å². The Hall–Kier alpha value is -1.06. The highest BCUT2D eigenvalue weighted by atomic mass is 16.5. The molecule has 0 bridgehead atoms. The third kappa shape index (κ3) is 3.01. The molecule has 1 aromatic rings. The van der Waals surface area contributed by atoms with Crippen molar-refractivity contribution in [1.82, 2.24) is 0 Å². The van der Waals surface area contributed by atoms with Gasteiger partial charge in [-0.05, 0) is 24.1 Å². The molecule has 1 atom stereocenters. The van der Waals surface area contributed by atoms with E-state index in [4.69, 9.17) is 15.2 Å². The third-order valence-electron chi connectivity index (χ3n) is 2.15. The van der Waals surface area contributed by atoms with Crippen LogP contribution in [0.2, 0.25) is 0 Å². The predicted molar refractivity (Wildman–Crippen MR) is 56.4 cm³/mol. The molecule has 0 heterocycles. The summed E-state index contributed by atoms with van der Waals surface area (Å²) in [5, 5.41) is 0. The molecule has 0 aliphatic rings. The van der Waals surface area contributed by atoms with Gasteiger partial charge in [0.15, 0.2) is 0 Å². The highest BCUT2D eigenvalue weighted by Crippen LogP contribution is 2.19. The van der Waals surface area contributed by atoms with Crippen molar-refractivity contribution in [1.29, 1.82) is 0 Å². The van der Waals surface area contributed by atoms with Crippen LogP contribution in [0.15, 0.2) is 24.3 Å². The van der Waals surface area contributed by atoms with Crippen molar-refractivity contribution in [3.63, 3.8) is 0 Å². The Balaban J connectivity index is 2.64. The number of hydrogen-bond donors (Lipinski definition) is 1. The van der Waals surface area contributed by atoms with Crippen LogP contribution in [-0.2, 0) is 4.74 Å². The van der Waals surface area contributed by atoms with Crippen molar-refractivity contribution >= 4 is 0 Å². The standard InChI is InChI=1S/C11H17NO2/c1-13-7-6-11(12)9-4-3-5-10(8-9)14-2/h3-5,8,11H,6-7,12H2,1-2H3. The van der Waals surface area contributed by atoms with Gasteiger partial charge < -0.3 is 15.2 Å². The molecule has 0 spiro atoms. The molecule has 1 unspecified atom stereocenters. The van der Waals surface area contributed by atoms with E-state index in [1.54, 1.807) is 14.2 Å². The van der Waals surface area contributed by atoms with E-state index >= 15 is 0 Å². The molecule has 0 aliphatic carbocycles. The monoisotopic (exact) mass is 195 g/mol. The Labute approximate surface area is 84.8 Å². The van der Waals surface area contributed by atoms with Crippen molar-refractivity contribution < 1.29 is 9.47 Å². The fourth-order valence-electron chi connectivity index (χ4n) is 1.28. The number of hydrogen-bond acceptors (Lipinski definition) is 3. The Kier molecular flexibility index (Phi) is 4.43. The molecular weight excluding hydrogens is 178 g/mol. The number of nitrogens with two attached hydrogens (primary N) is 1. The first-order chi connectivity index (χ1) is 6.77. The molecule has 14 heavy (non-hydrogen) atoms. The normalized spacial score (nSPS) is 12.5. The summed E-state index contributed by atoms with van der Waals surface area (Å²) in [6.45, 7) is 0.679. The van der Waals surface area contributed by atoms with Gasteiger partial charge >= 0.3 is 0 Å². The SMILES string of the molecule is COCCC(N)c1cccc(OC)c1. The van der Waals surface area contributed by atoms with Crippen LogP contribution < -0.4 is 10.5 Å². The molecule has 0 saturated heterocycles. The van der Waals surface area contributed by atoms with E-state index in [0.717, 1.165) is 17.7 Å². The van der Waals surface area contributed by atoms with Crippen LogP contribution in [-0.4, -0.2) is 20.8 Å². The van der Waals surface area contributed by atoms with Gasteiger partial charge in [0.1, 0.15) is 5.75 Å². The molecule has 3 heteroatoms. The lowest BCUT2D eigenvalue weighted by Gasteiger charge is -2.12. The quantitative estimate of drug-likeness (QED) is 0.778. The summed E-state index contributed by atoms with van der Waals surface area (Å²) in [6.07, 6.45) is 0.823. The minimum atomic E-state index is 0.0186. The fourth-order valence-corrected chi connectivity index (χ4v) is 1.28. The Bertz CT molecular complexity index is 276. The molecule has 0 radical (unpaired) electrons. The number of rotatable bonds is 5. The highest BCUT2D eigenvalue weighted by molar-refractivity contribution is 5.30. The summed E-state index contributed by atoms with van der Waals surface area (Å²) in [7, 11) is 3.33. The molecule has 3 nitrogen and oxygen atoms in total. The van der Waals surface area contributed by atoms with Crippen molar-refractivity contribution in [2.75, 3.05) is 20.8 Å². The summed E-state index contributed by atoms with van der Waals surface area (Å²) in [5.41, 5.74) is 7.05. The smallest absolute Gasteiger partial charge is 0.119 e. The Morgan fingerprint density at radius 1 is 1.36 bits per heavy atom. The zero-order valence-electron chi connectivity index (χ0n) is 8.69. The van der Waals surface area contributed by atoms with E-state index in [1.807, 2.05) is 24.3 Å². The molecule has 78 valence electrons. The van der Waals surface area contributed by atoms with Gasteiger partial charge in [0.2, 0.25) is 0 Å². The molecular formula is C11H17NO2. The van der Waals surface area contributed by atoms with Crippen LogP contribution in [0.4, 0.5) is 0 Å². The van der Waals surface area contributed by atoms with Gasteiger partial charge in [0.05, 0.1) is 7.11 Å². The number of methoxy groups -OCH3 is 2. The fraction of sp³-hybridized carbons (Fsp3) is 0.455. The first kappa shape index (κ1) is 11.0. The topological polar surface area (TPSA) is 44.5 Å². The third-order valence-corrected chi connectivity index (χ3v) is 2.15. The minimum Gasteiger partial charge on any atom is -0.497 e. The van der Waals surface area contributed by atoms with Gasteiger partial charge in [-0.1, -0.05) is 12.1 Å². The molecule has 0 fully saturated rings. The molecule has 0 amide bonds. The first-order valence-electron chi connectivity index (χ1n) is 4.66. The maximum atomic E-state index is 5.97. The average Bonchev–Trinajstić information content (AvgIpc) is 2.26. The van der Waals surface area contributed by atoms with Gasteiger partial charge in [0.25, 0.3) is 0 Å². The summed E-state index contributed by atoms with van der Waals surface area (Å²) >= 11 is 0. The number of ether oxygens (including phenoxy) is 2. The van der Waals surface area contributed by atoms with E-state index in [1.165, 1.54) is 0 Å². The summed E-state index contributed by atoms with van der Waals surface area (Å²) in [6, 6.07) is 7.83. The van der Waals surface area contributed by atoms with Gasteiger partial charge in [0, 0.05) is 19.8 Å². The second-order valence-electron chi connectivity index (χ2n) is 3.16. The van der Waals surface area contributed by atoms with Crippen LogP contribution in [0.5, 0.6) is 5.75 Å². The zero-order chi connectivity index (χ0) is 10.4. The van der Waals surface area contributed by atoms with Crippen LogP contribution in [0.25, 0.3) is 0 Å². The highest BCUT2D eigenvalue weighted by Gasteiger charge is 2.05. The van der Waals surface area contributed by atoms with Crippen molar-refractivity contribution in [2.45, 2.75) is 12.5 Å². The van der Waals surface area contributed by atoms with E-state index < -0.39 is 0 Å². The van der Waals surface area contributed by atoms with Gasteiger partial charge in [-0.15, -0.1) is 0 Å². The summed E-state index contributed by atoms with van der Waals surface area (Å²) in [5.74, 6) is 0.843. The Morgan fingerprint density at radius 2 is 2.14 bits per heavy atom. The molecule has 0 saturated carbocycles. The summed E-state index contributed by atoms with van der Waals surface area (Å²) < 4.78 is 10.1. The second-order valence-corrected chi connectivity index (χ2v) is 3.16. The molecule has 2 N–H and O–H groups in total. The van der Waals surface area contributed by atoms with Crippen LogP contribution in [0, 0.1) is 0 Å². The average molecular weight is 195 g/mol. The lowest BCUT2D eigenvalue weighted by molar-refractivity contribution is 0.188. The first-order valence-corrected chi connectivity index (χ1v) is 4.66. The van der Waals surface area contributed by atoms with Crippen molar-refractivity contribution in [2.24, 2.45) is 5.73 Å². The van der Waals surface area contributed by atoms with E-state index in [2.05, 4.69) is 0 Å². The van der Waals surface area contributed by atoms with Crippen LogP contribution in [0.3, 0.4) is 0 Å². The van der Waals surface area contributed by atoms with Crippen molar-refractivity contribution in [3.8, 4) is 5.75 Å².